The molecular formula is C20H34N3O2+. The quantitative estimate of drug-likeness (QED) is 0.726. The second-order valence-corrected chi connectivity index (χ2v) is 9.39. The highest BCUT2D eigenvalue weighted by molar-refractivity contribution is 5.95. The van der Waals surface area contributed by atoms with Crippen LogP contribution in [-0.4, -0.2) is 37.1 Å². The molecule has 0 atom stereocenters. The lowest BCUT2D eigenvalue weighted by molar-refractivity contribution is -0.893. The fourth-order valence-corrected chi connectivity index (χ4v) is 6.52. The first kappa shape index (κ1) is 17.3. The molecule has 140 valence electrons. The summed E-state index contributed by atoms with van der Waals surface area (Å²) < 4.78 is 0. The van der Waals surface area contributed by atoms with Crippen molar-refractivity contribution in [2.24, 2.45) is 17.8 Å². The van der Waals surface area contributed by atoms with Crippen molar-refractivity contribution in [2.75, 3.05) is 19.6 Å². The van der Waals surface area contributed by atoms with Gasteiger partial charge in [0.1, 0.15) is 0 Å². The fraction of sp³-hybridized carbons (Fsp3) is 0.900. The summed E-state index contributed by atoms with van der Waals surface area (Å²) >= 11 is 0. The standard InChI is InChI=1S/C20H33N3O2/c24-18(14-23-6-4-2-1-3-5-7-23)21-19(25)22-20-11-15-8-16(12-20)10-17(9-15)13-20/h15-17H,1-14H2,(H2,21,22,24,25)/p+1. The molecule has 1 heterocycles. The normalized spacial score (nSPS) is 38.0. The van der Waals surface area contributed by atoms with E-state index in [0.29, 0.717) is 6.54 Å². The summed E-state index contributed by atoms with van der Waals surface area (Å²) in [4.78, 5) is 26.1. The topological polar surface area (TPSA) is 62.6 Å². The Kier molecular flexibility index (Phi) is 5.03. The second-order valence-electron chi connectivity index (χ2n) is 9.39. The molecule has 0 aromatic carbocycles. The zero-order chi connectivity index (χ0) is 17.3. The molecule has 0 unspecified atom stereocenters. The molecule has 5 nitrogen and oxygen atoms in total. The van der Waals surface area contributed by atoms with Gasteiger partial charge in [-0.05, 0) is 82.0 Å². The summed E-state index contributed by atoms with van der Waals surface area (Å²) in [6.45, 7) is 2.56. The molecule has 0 spiro atoms. The van der Waals surface area contributed by atoms with Gasteiger partial charge in [0, 0.05) is 5.54 Å². The largest absolute Gasteiger partial charge is 0.332 e. The van der Waals surface area contributed by atoms with E-state index in [-0.39, 0.29) is 17.5 Å². The minimum atomic E-state index is -0.251. The average Bonchev–Trinajstić information content (AvgIpc) is 2.47. The van der Waals surface area contributed by atoms with Crippen LogP contribution in [0.15, 0.2) is 0 Å². The van der Waals surface area contributed by atoms with Crippen molar-refractivity contribution in [3.63, 3.8) is 0 Å². The molecule has 1 aliphatic heterocycles. The number of nitrogens with one attached hydrogen (secondary N) is 3. The highest BCUT2D eigenvalue weighted by Gasteiger charge is 2.51. The SMILES string of the molecule is O=C(C[NH+]1CCCCCCC1)NC(=O)NC12CC3CC(CC(C3)C1)C2. The van der Waals surface area contributed by atoms with Crippen LogP contribution < -0.4 is 15.5 Å². The lowest BCUT2D eigenvalue weighted by Gasteiger charge is -2.56. The second kappa shape index (κ2) is 7.26. The van der Waals surface area contributed by atoms with E-state index in [9.17, 15) is 9.59 Å². The Morgan fingerprint density at radius 3 is 1.92 bits per heavy atom. The number of hydrogen-bond acceptors (Lipinski definition) is 2. The van der Waals surface area contributed by atoms with Crippen LogP contribution >= 0.6 is 0 Å². The number of hydrogen-bond donors (Lipinski definition) is 3. The molecule has 0 aromatic heterocycles. The van der Waals surface area contributed by atoms with Crippen LogP contribution in [0.1, 0.15) is 70.6 Å². The maximum Gasteiger partial charge on any atom is 0.322 e. The van der Waals surface area contributed by atoms with Crippen molar-refractivity contribution in [1.29, 1.82) is 0 Å². The number of urea groups is 1. The summed E-state index contributed by atoms with van der Waals surface area (Å²) in [6, 6.07) is -0.251. The highest BCUT2D eigenvalue weighted by Crippen LogP contribution is 2.55. The predicted molar refractivity (Wildman–Crippen MR) is 96.2 cm³/mol. The third kappa shape index (κ3) is 4.18. The van der Waals surface area contributed by atoms with E-state index in [1.165, 1.54) is 56.3 Å². The molecule has 4 saturated carbocycles. The summed E-state index contributed by atoms with van der Waals surface area (Å²) in [5.41, 5.74) is -0.0213. The van der Waals surface area contributed by atoms with E-state index in [1.807, 2.05) is 0 Å². The summed E-state index contributed by atoms with van der Waals surface area (Å²) in [6.07, 6.45) is 13.7. The number of amides is 3. The molecule has 4 aliphatic carbocycles. The van der Waals surface area contributed by atoms with Crippen LogP contribution in [0.4, 0.5) is 4.79 Å². The van der Waals surface area contributed by atoms with E-state index < -0.39 is 0 Å². The highest BCUT2D eigenvalue weighted by atomic mass is 16.2. The number of carbonyl (C=O) groups is 2. The molecule has 3 N–H and O–H groups in total. The van der Waals surface area contributed by atoms with E-state index in [0.717, 1.165) is 50.1 Å². The third-order valence-corrected chi connectivity index (χ3v) is 7.14. The van der Waals surface area contributed by atoms with Crippen molar-refractivity contribution in [3.8, 4) is 0 Å². The Bertz CT molecular complexity index is 476. The van der Waals surface area contributed by atoms with Gasteiger partial charge in [-0.25, -0.2) is 4.79 Å². The van der Waals surface area contributed by atoms with Gasteiger partial charge in [0.25, 0.3) is 5.91 Å². The molecule has 4 bridgehead atoms. The lowest BCUT2D eigenvalue weighted by Crippen LogP contribution is -3.13. The first-order valence-corrected chi connectivity index (χ1v) is 10.6. The molecule has 0 radical (unpaired) electrons. The molecule has 5 heteroatoms. The van der Waals surface area contributed by atoms with E-state index in [2.05, 4.69) is 10.6 Å². The molecule has 25 heavy (non-hydrogen) atoms. The van der Waals surface area contributed by atoms with Gasteiger partial charge in [0.15, 0.2) is 6.54 Å². The maximum atomic E-state index is 12.5. The third-order valence-electron chi connectivity index (χ3n) is 7.14. The summed E-state index contributed by atoms with van der Waals surface area (Å²) in [7, 11) is 0. The van der Waals surface area contributed by atoms with Crippen molar-refractivity contribution in [2.45, 2.75) is 76.2 Å². The summed E-state index contributed by atoms with van der Waals surface area (Å²) in [5.74, 6) is 2.28. The first-order chi connectivity index (χ1) is 12.1. The number of carbonyl (C=O) groups excluding carboxylic acids is 2. The molecule has 3 amide bonds. The molecule has 5 aliphatic rings. The summed E-state index contributed by atoms with van der Waals surface area (Å²) in [5, 5.41) is 5.86. The van der Waals surface area contributed by atoms with Crippen LogP contribution in [0.5, 0.6) is 0 Å². The van der Waals surface area contributed by atoms with Crippen LogP contribution in [0.3, 0.4) is 0 Å². The minimum Gasteiger partial charge on any atom is -0.332 e. The van der Waals surface area contributed by atoms with Crippen LogP contribution in [0, 0.1) is 17.8 Å². The van der Waals surface area contributed by atoms with E-state index in [1.54, 1.807) is 0 Å². The zero-order valence-corrected chi connectivity index (χ0v) is 15.4. The van der Waals surface area contributed by atoms with Gasteiger partial charge >= 0.3 is 6.03 Å². The molecule has 5 fully saturated rings. The van der Waals surface area contributed by atoms with Crippen molar-refractivity contribution in [3.05, 3.63) is 0 Å². The lowest BCUT2D eigenvalue weighted by atomic mass is 9.53. The fourth-order valence-electron chi connectivity index (χ4n) is 6.52. The van der Waals surface area contributed by atoms with Crippen LogP contribution in [-0.2, 0) is 4.79 Å². The molecule has 0 aromatic rings. The number of rotatable bonds is 3. The zero-order valence-electron chi connectivity index (χ0n) is 15.4. The van der Waals surface area contributed by atoms with Gasteiger partial charge < -0.3 is 10.2 Å². The van der Waals surface area contributed by atoms with Gasteiger partial charge in [-0.3, -0.25) is 10.1 Å². The maximum absolute atomic E-state index is 12.5. The Labute approximate surface area is 151 Å². The number of quaternary nitrogens is 1. The van der Waals surface area contributed by atoms with Crippen LogP contribution in [0.2, 0.25) is 0 Å². The smallest absolute Gasteiger partial charge is 0.322 e. The monoisotopic (exact) mass is 348 g/mol. The van der Waals surface area contributed by atoms with Crippen molar-refractivity contribution in [1.82, 2.24) is 10.6 Å². The number of likely N-dealkylation sites (tertiary alicyclic amines) is 1. The Morgan fingerprint density at radius 2 is 1.36 bits per heavy atom. The van der Waals surface area contributed by atoms with Gasteiger partial charge in [0.2, 0.25) is 0 Å². The molecule has 5 rings (SSSR count). The Balaban J connectivity index is 1.26. The van der Waals surface area contributed by atoms with Gasteiger partial charge in [-0.1, -0.05) is 6.42 Å². The van der Waals surface area contributed by atoms with Crippen molar-refractivity contribution < 1.29 is 14.5 Å². The van der Waals surface area contributed by atoms with E-state index in [4.69, 9.17) is 0 Å². The molecule has 1 saturated heterocycles. The van der Waals surface area contributed by atoms with Gasteiger partial charge in [-0.15, -0.1) is 0 Å². The number of imide groups is 1. The molecular weight excluding hydrogens is 314 g/mol. The Morgan fingerprint density at radius 1 is 0.840 bits per heavy atom. The minimum absolute atomic E-state index is 0.0213. The first-order valence-electron chi connectivity index (χ1n) is 10.6. The predicted octanol–water partition coefficient (Wildman–Crippen LogP) is 1.63. The van der Waals surface area contributed by atoms with E-state index >= 15 is 0 Å². The van der Waals surface area contributed by atoms with Gasteiger partial charge in [0.05, 0.1) is 13.1 Å². The Hall–Kier alpha value is -1.10. The van der Waals surface area contributed by atoms with Crippen LogP contribution in [0.25, 0.3) is 0 Å². The van der Waals surface area contributed by atoms with Crippen molar-refractivity contribution >= 4 is 11.9 Å². The average molecular weight is 349 g/mol. The van der Waals surface area contributed by atoms with Gasteiger partial charge in [-0.2, -0.15) is 0 Å².